The first-order valence-corrected chi connectivity index (χ1v) is 7.26. The van der Waals surface area contributed by atoms with E-state index in [1.807, 2.05) is 14.1 Å². The normalized spacial score (nSPS) is 13.0. The Labute approximate surface area is 112 Å². The summed E-state index contributed by atoms with van der Waals surface area (Å²) in [5.74, 6) is -2.55. The highest BCUT2D eigenvalue weighted by atomic mass is 16.7. The van der Waals surface area contributed by atoms with Crippen molar-refractivity contribution in [2.75, 3.05) is 27.2 Å². The van der Waals surface area contributed by atoms with Crippen LogP contribution in [0.15, 0.2) is 0 Å². The molecular weight excluding hydrogens is 230 g/mol. The molecule has 0 saturated heterocycles. The zero-order chi connectivity index (χ0) is 14.1. The molecule has 4 nitrogen and oxygen atoms in total. The van der Waals surface area contributed by atoms with Gasteiger partial charge in [0, 0.05) is 0 Å². The molecule has 0 aliphatic rings. The minimum absolute atomic E-state index is 0.0521. The Kier molecular flexibility index (Phi) is 8.78. The third-order valence-electron chi connectivity index (χ3n) is 3.26. The fourth-order valence-corrected chi connectivity index (χ4v) is 2.33. The van der Waals surface area contributed by atoms with Crippen molar-refractivity contribution in [1.29, 1.82) is 0 Å². The second-order valence-corrected chi connectivity index (χ2v) is 6.07. The lowest BCUT2D eigenvalue weighted by molar-refractivity contribution is -0.905. The summed E-state index contributed by atoms with van der Waals surface area (Å²) in [7, 11) is 3.80. The van der Waals surface area contributed by atoms with Crippen molar-refractivity contribution >= 4 is 0 Å². The first kappa shape index (κ1) is 17.8. The molecule has 110 valence electrons. The molecule has 0 fully saturated rings. The number of hydrogen-bond donors (Lipinski definition) is 3. The zero-order valence-electron chi connectivity index (χ0n) is 12.4. The molecule has 4 heteroatoms. The van der Waals surface area contributed by atoms with Crippen molar-refractivity contribution in [2.24, 2.45) is 0 Å². The van der Waals surface area contributed by atoms with Crippen LogP contribution >= 0.6 is 0 Å². The van der Waals surface area contributed by atoms with Crippen molar-refractivity contribution < 1.29 is 19.8 Å². The molecule has 0 aromatic carbocycles. The number of nitrogens with zero attached hydrogens (tertiary/aromatic N) is 1. The van der Waals surface area contributed by atoms with E-state index >= 15 is 0 Å². The van der Waals surface area contributed by atoms with Crippen LogP contribution in [0.25, 0.3) is 0 Å². The highest BCUT2D eigenvalue weighted by Gasteiger charge is 2.30. The second kappa shape index (κ2) is 8.86. The van der Waals surface area contributed by atoms with Crippen molar-refractivity contribution in [1.82, 2.24) is 0 Å². The maximum atomic E-state index is 8.97. The molecule has 0 aromatic rings. The molecule has 0 aliphatic carbocycles. The summed E-state index contributed by atoms with van der Waals surface area (Å²) in [5.41, 5.74) is 0. The molecule has 0 unspecified atom stereocenters. The number of quaternary nitrogens is 1. The summed E-state index contributed by atoms with van der Waals surface area (Å²) in [5, 5.41) is 26.9. The van der Waals surface area contributed by atoms with E-state index < -0.39 is 5.97 Å². The van der Waals surface area contributed by atoms with Gasteiger partial charge in [0.25, 0.3) is 0 Å². The van der Waals surface area contributed by atoms with Crippen LogP contribution in [-0.2, 0) is 0 Å². The molecule has 0 saturated carbocycles. The van der Waals surface area contributed by atoms with E-state index in [0.29, 0.717) is 4.48 Å². The molecule has 0 spiro atoms. The van der Waals surface area contributed by atoms with E-state index in [9.17, 15) is 0 Å². The Balaban J connectivity index is 3.47. The SMILES string of the molecule is CCCCCCCCCC[N+](C)(C)CC(O)(O)O. The van der Waals surface area contributed by atoms with Gasteiger partial charge in [-0.1, -0.05) is 45.4 Å². The molecule has 18 heavy (non-hydrogen) atoms. The van der Waals surface area contributed by atoms with E-state index in [1.165, 1.54) is 44.9 Å². The van der Waals surface area contributed by atoms with Gasteiger partial charge in [-0.2, -0.15) is 0 Å². The zero-order valence-corrected chi connectivity index (χ0v) is 12.4. The molecule has 0 bridgehead atoms. The van der Waals surface area contributed by atoms with Gasteiger partial charge < -0.3 is 19.8 Å². The first-order valence-electron chi connectivity index (χ1n) is 7.26. The van der Waals surface area contributed by atoms with Crippen molar-refractivity contribution in [3.63, 3.8) is 0 Å². The fraction of sp³-hybridized carbons (Fsp3) is 1.00. The number of hydrogen-bond acceptors (Lipinski definition) is 3. The van der Waals surface area contributed by atoms with Crippen LogP contribution in [0.4, 0.5) is 0 Å². The smallest absolute Gasteiger partial charge is 0.328 e. The van der Waals surface area contributed by atoms with Crippen LogP contribution in [0.1, 0.15) is 58.3 Å². The maximum Gasteiger partial charge on any atom is 0.328 e. The summed E-state index contributed by atoms with van der Waals surface area (Å²) in [6, 6.07) is 0. The van der Waals surface area contributed by atoms with Gasteiger partial charge in [-0.05, 0) is 12.8 Å². The molecule has 0 heterocycles. The van der Waals surface area contributed by atoms with Crippen LogP contribution in [0.5, 0.6) is 0 Å². The van der Waals surface area contributed by atoms with E-state index in [-0.39, 0.29) is 6.54 Å². The molecule has 0 radical (unpaired) electrons. The third-order valence-corrected chi connectivity index (χ3v) is 3.26. The number of aliphatic hydroxyl groups is 3. The Bertz CT molecular complexity index is 200. The van der Waals surface area contributed by atoms with Crippen LogP contribution in [-0.4, -0.2) is 53.0 Å². The molecular formula is C14H32NO3+. The summed E-state index contributed by atoms with van der Waals surface area (Å²) in [4.78, 5) is 0. The van der Waals surface area contributed by atoms with E-state index in [2.05, 4.69) is 6.92 Å². The third kappa shape index (κ3) is 12.3. The minimum atomic E-state index is -2.55. The topological polar surface area (TPSA) is 60.7 Å². The van der Waals surface area contributed by atoms with E-state index in [4.69, 9.17) is 15.3 Å². The fourth-order valence-electron chi connectivity index (χ4n) is 2.33. The first-order chi connectivity index (χ1) is 8.27. The summed E-state index contributed by atoms with van der Waals surface area (Å²) in [6.07, 6.45) is 10.1. The highest BCUT2D eigenvalue weighted by Crippen LogP contribution is 2.11. The standard InChI is InChI=1S/C14H32NO3/c1-4-5-6-7-8-9-10-11-12-15(2,3)13-14(16,17)18/h16-18H,4-13H2,1-3H3/q+1. The van der Waals surface area contributed by atoms with Gasteiger partial charge in [-0.3, -0.25) is 0 Å². The number of rotatable bonds is 11. The van der Waals surface area contributed by atoms with Crippen molar-refractivity contribution in [3.8, 4) is 0 Å². The number of unbranched alkanes of at least 4 members (excludes halogenated alkanes) is 7. The summed E-state index contributed by atoms with van der Waals surface area (Å²) in [6.45, 7) is 3.03. The minimum Gasteiger partial charge on any atom is -0.339 e. The van der Waals surface area contributed by atoms with Gasteiger partial charge in [0.05, 0.1) is 20.6 Å². The Hall–Kier alpha value is -0.160. The van der Waals surface area contributed by atoms with Crippen LogP contribution in [0, 0.1) is 0 Å². The van der Waals surface area contributed by atoms with Gasteiger partial charge in [0.2, 0.25) is 0 Å². The molecule has 0 aromatic heterocycles. The van der Waals surface area contributed by atoms with Crippen LogP contribution in [0.3, 0.4) is 0 Å². The maximum absolute atomic E-state index is 8.97. The van der Waals surface area contributed by atoms with Gasteiger partial charge in [-0.15, -0.1) is 0 Å². The van der Waals surface area contributed by atoms with Crippen LogP contribution in [0.2, 0.25) is 0 Å². The van der Waals surface area contributed by atoms with Gasteiger partial charge >= 0.3 is 5.97 Å². The van der Waals surface area contributed by atoms with Gasteiger partial charge in [-0.25, -0.2) is 0 Å². The van der Waals surface area contributed by atoms with Gasteiger partial charge in [0.15, 0.2) is 6.54 Å². The highest BCUT2D eigenvalue weighted by molar-refractivity contribution is 4.48. The lowest BCUT2D eigenvalue weighted by Gasteiger charge is -2.32. The van der Waals surface area contributed by atoms with Crippen molar-refractivity contribution in [2.45, 2.75) is 64.3 Å². The van der Waals surface area contributed by atoms with Crippen LogP contribution < -0.4 is 0 Å². The Morgan fingerprint density at radius 2 is 1.22 bits per heavy atom. The Morgan fingerprint density at radius 1 is 0.778 bits per heavy atom. The molecule has 0 aliphatic heterocycles. The molecule has 0 amide bonds. The summed E-state index contributed by atoms with van der Waals surface area (Å²) < 4.78 is 0.430. The van der Waals surface area contributed by atoms with E-state index in [0.717, 1.165) is 13.0 Å². The van der Waals surface area contributed by atoms with Crippen molar-refractivity contribution in [3.05, 3.63) is 0 Å². The lowest BCUT2D eigenvalue weighted by Crippen LogP contribution is -2.52. The average Bonchev–Trinajstić information content (AvgIpc) is 2.18. The Morgan fingerprint density at radius 3 is 1.67 bits per heavy atom. The largest absolute Gasteiger partial charge is 0.339 e. The number of likely N-dealkylation sites (N-methyl/N-ethyl adjacent to an activating group) is 1. The predicted molar refractivity (Wildman–Crippen MR) is 73.8 cm³/mol. The molecule has 3 N–H and O–H groups in total. The predicted octanol–water partition coefficient (Wildman–Crippen LogP) is 1.83. The summed E-state index contributed by atoms with van der Waals surface area (Å²) >= 11 is 0. The monoisotopic (exact) mass is 262 g/mol. The molecule has 0 atom stereocenters. The lowest BCUT2D eigenvalue weighted by atomic mass is 10.1. The van der Waals surface area contributed by atoms with E-state index in [1.54, 1.807) is 0 Å². The van der Waals surface area contributed by atoms with Gasteiger partial charge in [0.1, 0.15) is 0 Å². The molecule has 0 rings (SSSR count). The second-order valence-electron chi connectivity index (χ2n) is 6.07. The quantitative estimate of drug-likeness (QED) is 0.302. The average molecular weight is 262 g/mol.